The molecule has 0 fully saturated rings. The van der Waals surface area contributed by atoms with Crippen LogP contribution in [0.4, 0.5) is 0 Å². The van der Waals surface area contributed by atoms with Crippen LogP contribution < -0.4 is 4.74 Å². The van der Waals surface area contributed by atoms with Gasteiger partial charge < -0.3 is 19.3 Å². The highest BCUT2D eigenvalue weighted by Gasteiger charge is 2.32. The van der Waals surface area contributed by atoms with E-state index in [0.29, 0.717) is 6.42 Å². The number of hydrogen-bond donors (Lipinski definition) is 1. The Morgan fingerprint density at radius 3 is 2.52 bits per heavy atom. The summed E-state index contributed by atoms with van der Waals surface area (Å²) >= 11 is 0. The van der Waals surface area contributed by atoms with Crippen LogP contribution in [-0.2, 0) is 14.3 Å². The first kappa shape index (κ1) is 24.5. The molecule has 170 valence electrons. The zero-order valence-electron chi connectivity index (χ0n) is 19.4. The molecule has 1 aliphatic carbocycles. The summed E-state index contributed by atoms with van der Waals surface area (Å²) in [5, 5.41) is 9.78. The second-order valence-electron chi connectivity index (χ2n) is 8.85. The van der Waals surface area contributed by atoms with Crippen molar-refractivity contribution >= 4 is 11.9 Å². The molecule has 0 saturated carbocycles. The highest BCUT2D eigenvalue weighted by Crippen LogP contribution is 2.34. The van der Waals surface area contributed by atoms with E-state index in [0.717, 1.165) is 24.8 Å². The molecular weight excluding hydrogens is 396 g/mol. The minimum atomic E-state index is -0.514. The van der Waals surface area contributed by atoms with Crippen molar-refractivity contribution in [2.45, 2.75) is 72.5 Å². The van der Waals surface area contributed by atoms with E-state index in [1.165, 1.54) is 37.8 Å². The number of ether oxygens (including phenoxy) is 3. The SMILES string of the molecule is COc1cc(C(=O)OC2C/C=C(\C)CCCC(C)(C)[C@H](OC(C)=O)/C=C\2C)ccc1O. The number of carbonyl (C=O) groups excluding carboxylic acids is 2. The number of carbonyl (C=O) groups is 2. The lowest BCUT2D eigenvalue weighted by molar-refractivity contribution is -0.149. The molecule has 2 atom stereocenters. The molecule has 0 bridgehead atoms. The Hall–Kier alpha value is -2.76. The van der Waals surface area contributed by atoms with Crippen LogP contribution in [0.3, 0.4) is 0 Å². The molecule has 1 aromatic rings. The second-order valence-corrected chi connectivity index (χ2v) is 8.85. The minimum absolute atomic E-state index is 0.0462. The maximum absolute atomic E-state index is 12.8. The molecule has 0 saturated heterocycles. The van der Waals surface area contributed by atoms with Crippen LogP contribution >= 0.6 is 0 Å². The van der Waals surface area contributed by atoms with Gasteiger partial charge in [0.15, 0.2) is 11.5 Å². The fraction of sp³-hybridized carbons (Fsp3) is 0.520. The molecule has 1 aromatic carbocycles. The lowest BCUT2D eigenvalue weighted by Gasteiger charge is -2.32. The smallest absolute Gasteiger partial charge is 0.338 e. The molecule has 1 unspecified atom stereocenters. The maximum Gasteiger partial charge on any atom is 0.338 e. The van der Waals surface area contributed by atoms with Crippen molar-refractivity contribution < 1.29 is 28.9 Å². The normalized spacial score (nSPS) is 25.1. The monoisotopic (exact) mass is 430 g/mol. The zero-order chi connectivity index (χ0) is 23.2. The molecule has 0 spiro atoms. The van der Waals surface area contributed by atoms with Crippen molar-refractivity contribution in [1.29, 1.82) is 0 Å². The summed E-state index contributed by atoms with van der Waals surface area (Å²) in [5.74, 6) is -0.692. The summed E-state index contributed by atoms with van der Waals surface area (Å²) in [6.45, 7) is 9.56. The molecule has 0 amide bonds. The van der Waals surface area contributed by atoms with Crippen LogP contribution in [0.5, 0.6) is 11.5 Å². The maximum atomic E-state index is 12.8. The van der Waals surface area contributed by atoms with E-state index in [1.54, 1.807) is 0 Å². The zero-order valence-corrected chi connectivity index (χ0v) is 19.4. The summed E-state index contributed by atoms with van der Waals surface area (Å²) in [5.41, 5.74) is 2.09. The van der Waals surface area contributed by atoms with E-state index in [9.17, 15) is 14.7 Å². The van der Waals surface area contributed by atoms with Crippen LogP contribution in [0, 0.1) is 5.41 Å². The molecule has 0 radical (unpaired) electrons. The van der Waals surface area contributed by atoms with Gasteiger partial charge in [0.25, 0.3) is 0 Å². The number of esters is 2. The Bertz CT molecular complexity index is 865. The molecule has 6 nitrogen and oxygen atoms in total. The van der Waals surface area contributed by atoms with Crippen molar-refractivity contribution in [1.82, 2.24) is 0 Å². The van der Waals surface area contributed by atoms with Gasteiger partial charge in [-0.1, -0.05) is 25.5 Å². The van der Waals surface area contributed by atoms with Crippen LogP contribution in [0.15, 0.2) is 41.5 Å². The Morgan fingerprint density at radius 2 is 1.87 bits per heavy atom. The second kappa shape index (κ2) is 10.5. The van der Waals surface area contributed by atoms with Crippen molar-refractivity contribution in [2.24, 2.45) is 5.41 Å². The molecule has 6 heteroatoms. The van der Waals surface area contributed by atoms with E-state index in [2.05, 4.69) is 26.8 Å². The Labute approximate surface area is 184 Å². The average Bonchev–Trinajstić information content (AvgIpc) is 2.70. The van der Waals surface area contributed by atoms with Gasteiger partial charge in [0.2, 0.25) is 0 Å². The van der Waals surface area contributed by atoms with Crippen molar-refractivity contribution in [3.63, 3.8) is 0 Å². The number of phenols is 1. The molecule has 1 N–H and O–H groups in total. The number of methoxy groups -OCH3 is 1. The van der Waals surface area contributed by atoms with E-state index >= 15 is 0 Å². The molecular formula is C25H34O6. The van der Waals surface area contributed by atoms with Crippen molar-refractivity contribution in [3.05, 3.63) is 47.1 Å². The van der Waals surface area contributed by atoms with E-state index in [4.69, 9.17) is 14.2 Å². The van der Waals surface area contributed by atoms with Crippen LogP contribution in [-0.4, -0.2) is 36.4 Å². The lowest BCUT2D eigenvalue weighted by Crippen LogP contribution is -2.33. The number of aromatic hydroxyl groups is 1. The van der Waals surface area contributed by atoms with Crippen molar-refractivity contribution in [3.8, 4) is 11.5 Å². The van der Waals surface area contributed by atoms with Gasteiger partial charge in [-0.05, 0) is 63.0 Å². The number of benzene rings is 1. The summed E-state index contributed by atoms with van der Waals surface area (Å²) in [4.78, 5) is 24.6. The Balaban J connectivity index is 2.36. The fourth-order valence-corrected chi connectivity index (χ4v) is 3.65. The summed E-state index contributed by atoms with van der Waals surface area (Å²) in [7, 11) is 1.42. The third-order valence-corrected chi connectivity index (χ3v) is 5.72. The first-order valence-corrected chi connectivity index (χ1v) is 10.6. The third kappa shape index (κ3) is 6.88. The van der Waals surface area contributed by atoms with Crippen LogP contribution in [0.1, 0.15) is 70.7 Å². The van der Waals surface area contributed by atoms with Gasteiger partial charge in [-0.2, -0.15) is 0 Å². The topological polar surface area (TPSA) is 82.1 Å². The third-order valence-electron chi connectivity index (χ3n) is 5.72. The Kier molecular flexibility index (Phi) is 8.31. The first-order chi connectivity index (χ1) is 14.5. The molecule has 0 heterocycles. The van der Waals surface area contributed by atoms with Crippen molar-refractivity contribution in [2.75, 3.05) is 7.11 Å². The quantitative estimate of drug-likeness (QED) is 0.512. The predicted octanol–water partition coefficient (Wildman–Crippen LogP) is 5.35. The summed E-state index contributed by atoms with van der Waals surface area (Å²) in [6, 6.07) is 4.35. The van der Waals surface area contributed by atoms with Gasteiger partial charge >= 0.3 is 11.9 Å². The van der Waals surface area contributed by atoms with Crippen LogP contribution in [0.25, 0.3) is 0 Å². The largest absolute Gasteiger partial charge is 0.504 e. The lowest BCUT2D eigenvalue weighted by atomic mass is 9.80. The highest BCUT2D eigenvalue weighted by atomic mass is 16.5. The standard InChI is InChI=1S/C25H34O6/c1-16-8-7-13-25(4,5)23(30-18(3)26)14-17(2)21(12-9-16)31-24(28)19-10-11-20(27)22(15-19)29-6/h9-11,14-15,21,23,27H,7-8,12-13H2,1-6H3/b16-9+,17-14-/t21?,23-/m1/s1. The molecule has 31 heavy (non-hydrogen) atoms. The molecule has 2 rings (SSSR count). The number of phenolic OH excluding ortho intramolecular Hbond substituents is 1. The van der Waals surface area contributed by atoms with Crippen LogP contribution in [0.2, 0.25) is 0 Å². The molecule has 1 aliphatic rings. The van der Waals surface area contributed by atoms with E-state index < -0.39 is 18.2 Å². The van der Waals surface area contributed by atoms with Gasteiger partial charge in [-0.15, -0.1) is 0 Å². The predicted molar refractivity (Wildman–Crippen MR) is 119 cm³/mol. The Morgan fingerprint density at radius 1 is 1.16 bits per heavy atom. The van der Waals surface area contributed by atoms with Gasteiger partial charge in [0.1, 0.15) is 12.2 Å². The number of rotatable bonds is 4. The average molecular weight is 431 g/mol. The van der Waals surface area contributed by atoms with Gasteiger partial charge in [-0.3, -0.25) is 4.79 Å². The molecule has 0 aromatic heterocycles. The minimum Gasteiger partial charge on any atom is -0.504 e. The van der Waals surface area contributed by atoms with Gasteiger partial charge in [0.05, 0.1) is 12.7 Å². The molecule has 0 aliphatic heterocycles. The van der Waals surface area contributed by atoms with E-state index in [1.807, 2.05) is 13.0 Å². The first-order valence-electron chi connectivity index (χ1n) is 10.6. The van der Waals surface area contributed by atoms with E-state index in [-0.39, 0.29) is 28.4 Å². The number of allylic oxidation sites excluding steroid dienone is 1. The fourth-order valence-electron chi connectivity index (χ4n) is 3.65. The summed E-state index contributed by atoms with van der Waals surface area (Å²) in [6.07, 6.45) is 6.44. The number of hydrogen-bond acceptors (Lipinski definition) is 6. The van der Waals surface area contributed by atoms with Gasteiger partial charge in [0, 0.05) is 18.8 Å². The van der Waals surface area contributed by atoms with Gasteiger partial charge in [-0.25, -0.2) is 4.79 Å². The highest BCUT2D eigenvalue weighted by molar-refractivity contribution is 5.90. The summed E-state index contributed by atoms with van der Waals surface area (Å²) < 4.78 is 16.6.